The van der Waals surface area contributed by atoms with Crippen molar-refractivity contribution in [2.75, 3.05) is 24.5 Å². The Bertz CT molecular complexity index is 1280. The van der Waals surface area contributed by atoms with Crippen molar-refractivity contribution in [3.63, 3.8) is 0 Å². The minimum Gasteiger partial charge on any atom is -0.444 e. The molecule has 10 heteroatoms. The van der Waals surface area contributed by atoms with E-state index in [1.54, 1.807) is 42.4 Å². The molecule has 4 rings (SSSR count). The lowest BCUT2D eigenvalue weighted by Crippen LogP contribution is -2.54. The number of nitrogens with zero attached hydrogens (tertiary/aromatic N) is 4. The van der Waals surface area contributed by atoms with Crippen LogP contribution in [0.5, 0.6) is 0 Å². The van der Waals surface area contributed by atoms with Gasteiger partial charge in [-0.3, -0.25) is 0 Å². The molecule has 3 heterocycles. The van der Waals surface area contributed by atoms with Crippen LogP contribution in [-0.2, 0) is 14.8 Å². The van der Waals surface area contributed by atoms with Crippen molar-refractivity contribution in [3.8, 4) is 0 Å². The van der Waals surface area contributed by atoms with Crippen LogP contribution in [0.2, 0.25) is 0 Å². The highest BCUT2D eigenvalue weighted by Gasteiger charge is 2.40. The van der Waals surface area contributed by atoms with Crippen LogP contribution in [0.25, 0.3) is 10.9 Å². The Kier molecular flexibility index (Phi) is 6.35. The lowest BCUT2D eigenvalue weighted by molar-refractivity contribution is 0.0218. The van der Waals surface area contributed by atoms with Gasteiger partial charge in [-0.05, 0) is 51.2 Å². The molecule has 0 aromatic carbocycles. The van der Waals surface area contributed by atoms with Gasteiger partial charge in [0.1, 0.15) is 16.2 Å². The van der Waals surface area contributed by atoms with E-state index in [1.165, 1.54) is 3.97 Å². The second-order valence-electron chi connectivity index (χ2n) is 10.1. The van der Waals surface area contributed by atoms with E-state index >= 15 is 0 Å². The first kappa shape index (κ1) is 24.8. The minimum absolute atomic E-state index is 0.0146. The predicted octanol–water partition coefficient (Wildman–Crippen LogP) is 4.66. The minimum atomic E-state index is -3.73. The van der Waals surface area contributed by atoms with Gasteiger partial charge in [0, 0.05) is 49.9 Å². The maximum absolute atomic E-state index is 13.7. The largest absolute Gasteiger partial charge is 0.444 e. The van der Waals surface area contributed by atoms with Gasteiger partial charge in [0.05, 0.1) is 5.52 Å². The Balaban J connectivity index is 1.63. The SMILES string of the molecule is C[C@H]1CN(C(=O)OC(C)(C)C)CCN1c1nccc2c1ccn2S(=O)(=O)C1(C)C=CC=C(Br)C1. The van der Waals surface area contributed by atoms with Crippen molar-refractivity contribution in [1.29, 1.82) is 0 Å². The molecule has 2 aliphatic rings. The Morgan fingerprint density at radius 3 is 2.65 bits per heavy atom. The number of anilines is 1. The van der Waals surface area contributed by atoms with Crippen LogP contribution in [0.4, 0.5) is 10.6 Å². The van der Waals surface area contributed by atoms with Gasteiger partial charge in [-0.1, -0.05) is 34.2 Å². The van der Waals surface area contributed by atoms with Crippen LogP contribution >= 0.6 is 15.9 Å². The van der Waals surface area contributed by atoms with Gasteiger partial charge in [-0.15, -0.1) is 0 Å². The molecular weight excluding hydrogens is 520 g/mol. The van der Waals surface area contributed by atoms with Gasteiger partial charge in [0.2, 0.25) is 10.0 Å². The summed E-state index contributed by atoms with van der Waals surface area (Å²) < 4.78 is 34.0. The van der Waals surface area contributed by atoms with E-state index in [0.29, 0.717) is 37.4 Å². The maximum Gasteiger partial charge on any atom is 0.410 e. The van der Waals surface area contributed by atoms with E-state index in [1.807, 2.05) is 39.8 Å². The van der Waals surface area contributed by atoms with E-state index < -0.39 is 20.4 Å². The zero-order valence-corrected chi connectivity index (χ0v) is 22.6. The standard InChI is InChI=1S/C24H31BrN4O4S/c1-17-16-27(22(30)33-23(2,3)4)13-14-28(17)21-19-9-12-29(20(19)8-11-26-21)34(31,32)24(5)10-6-7-18(25)15-24/h6-12,17H,13-16H2,1-5H3/t17-,24?/m0/s1. The molecule has 0 saturated carbocycles. The van der Waals surface area contributed by atoms with Crippen molar-refractivity contribution < 1.29 is 17.9 Å². The summed E-state index contributed by atoms with van der Waals surface area (Å²) in [6, 6.07) is 3.53. The number of ether oxygens (including phenoxy) is 1. The first-order valence-corrected chi connectivity index (χ1v) is 13.6. The van der Waals surface area contributed by atoms with Crippen molar-refractivity contribution in [1.82, 2.24) is 13.9 Å². The highest BCUT2D eigenvalue weighted by atomic mass is 79.9. The second kappa shape index (κ2) is 8.71. The third-order valence-electron chi connectivity index (χ3n) is 6.21. The van der Waals surface area contributed by atoms with Crippen LogP contribution in [-0.4, -0.2) is 64.4 Å². The summed E-state index contributed by atoms with van der Waals surface area (Å²) >= 11 is 3.45. The summed E-state index contributed by atoms with van der Waals surface area (Å²) in [6.07, 6.45) is 8.67. The molecule has 0 bridgehead atoms. The molecule has 0 spiro atoms. The molecule has 2 atom stereocenters. The normalized spacial score (nSPS) is 23.8. The quantitative estimate of drug-likeness (QED) is 0.552. The lowest BCUT2D eigenvalue weighted by Gasteiger charge is -2.41. The monoisotopic (exact) mass is 550 g/mol. The van der Waals surface area contributed by atoms with Crippen molar-refractivity contribution >= 4 is 48.8 Å². The number of rotatable bonds is 3. The predicted molar refractivity (Wildman–Crippen MR) is 138 cm³/mol. The first-order chi connectivity index (χ1) is 15.8. The molecule has 2 aromatic heterocycles. The summed E-state index contributed by atoms with van der Waals surface area (Å²) in [6.45, 7) is 10.9. The third kappa shape index (κ3) is 4.49. The van der Waals surface area contributed by atoms with Crippen LogP contribution in [0.15, 0.2) is 47.2 Å². The molecule has 2 aromatic rings. The zero-order chi connectivity index (χ0) is 24.9. The average molecular weight is 552 g/mol. The van der Waals surface area contributed by atoms with E-state index in [-0.39, 0.29) is 12.1 Å². The molecule has 34 heavy (non-hydrogen) atoms. The van der Waals surface area contributed by atoms with Crippen LogP contribution in [0.1, 0.15) is 41.0 Å². The smallest absolute Gasteiger partial charge is 0.410 e. The number of halogens is 1. The highest BCUT2D eigenvalue weighted by Crippen LogP contribution is 2.37. The molecule has 8 nitrogen and oxygen atoms in total. The van der Waals surface area contributed by atoms with E-state index in [2.05, 4.69) is 25.8 Å². The molecule has 1 aliphatic carbocycles. The number of fused-ring (bicyclic) bond motifs is 1. The fourth-order valence-electron chi connectivity index (χ4n) is 4.44. The lowest BCUT2D eigenvalue weighted by atomic mass is 10.0. The number of piperazine rings is 1. The van der Waals surface area contributed by atoms with Gasteiger partial charge in [0.15, 0.2) is 0 Å². The summed E-state index contributed by atoms with van der Waals surface area (Å²) in [5.74, 6) is 0.716. The average Bonchev–Trinajstić information content (AvgIpc) is 3.17. The van der Waals surface area contributed by atoms with E-state index in [4.69, 9.17) is 4.74 Å². The van der Waals surface area contributed by atoms with Gasteiger partial charge < -0.3 is 14.5 Å². The highest BCUT2D eigenvalue weighted by molar-refractivity contribution is 9.11. The Hall–Kier alpha value is -2.33. The third-order valence-corrected chi connectivity index (χ3v) is 9.05. The fourth-order valence-corrected chi connectivity index (χ4v) is 7.04. The van der Waals surface area contributed by atoms with Crippen LogP contribution in [0.3, 0.4) is 0 Å². The fraction of sp³-hybridized carbons (Fsp3) is 0.500. The number of aromatic nitrogens is 2. The number of carbonyl (C=O) groups is 1. The topological polar surface area (TPSA) is 84.7 Å². The summed E-state index contributed by atoms with van der Waals surface area (Å²) in [7, 11) is -3.73. The molecular formula is C24H31BrN4O4S. The van der Waals surface area contributed by atoms with Crippen LogP contribution < -0.4 is 4.90 Å². The Labute approximate surface area is 209 Å². The summed E-state index contributed by atoms with van der Waals surface area (Å²) in [5, 5.41) is 0.765. The summed E-state index contributed by atoms with van der Waals surface area (Å²) in [4.78, 5) is 21.0. The second-order valence-corrected chi connectivity index (χ2v) is 13.4. The number of allylic oxidation sites excluding steroid dienone is 3. The zero-order valence-electron chi connectivity index (χ0n) is 20.2. The molecule has 1 saturated heterocycles. The number of amides is 1. The molecule has 1 amide bonds. The number of carbonyl (C=O) groups excluding carboxylic acids is 1. The Morgan fingerprint density at radius 2 is 2.00 bits per heavy atom. The van der Waals surface area contributed by atoms with Gasteiger partial charge >= 0.3 is 6.09 Å². The van der Waals surface area contributed by atoms with Crippen molar-refractivity contribution in [2.45, 2.75) is 57.4 Å². The van der Waals surface area contributed by atoms with Crippen LogP contribution in [0, 0.1) is 0 Å². The molecule has 1 aliphatic heterocycles. The summed E-state index contributed by atoms with van der Waals surface area (Å²) in [5.41, 5.74) is 0.0428. The Morgan fingerprint density at radius 1 is 1.26 bits per heavy atom. The maximum atomic E-state index is 13.7. The number of hydrogen-bond acceptors (Lipinski definition) is 6. The van der Waals surface area contributed by atoms with Gasteiger partial charge in [0.25, 0.3) is 0 Å². The van der Waals surface area contributed by atoms with E-state index in [0.717, 1.165) is 9.87 Å². The molecule has 1 fully saturated rings. The van der Waals surface area contributed by atoms with E-state index in [9.17, 15) is 13.2 Å². The number of hydrogen-bond donors (Lipinski definition) is 0. The number of pyridine rings is 1. The molecule has 184 valence electrons. The molecule has 0 radical (unpaired) electrons. The van der Waals surface area contributed by atoms with Gasteiger partial charge in [-0.25, -0.2) is 22.2 Å². The first-order valence-electron chi connectivity index (χ1n) is 11.3. The van der Waals surface area contributed by atoms with Crippen molar-refractivity contribution in [3.05, 3.63) is 47.2 Å². The van der Waals surface area contributed by atoms with Crippen molar-refractivity contribution in [2.24, 2.45) is 0 Å². The molecule has 1 unspecified atom stereocenters. The van der Waals surface area contributed by atoms with Gasteiger partial charge in [-0.2, -0.15) is 0 Å². The molecule has 0 N–H and O–H groups in total.